The van der Waals surface area contributed by atoms with E-state index in [9.17, 15) is 18.5 Å². The van der Waals surface area contributed by atoms with Crippen LogP contribution in [0.3, 0.4) is 0 Å². The zero-order chi connectivity index (χ0) is 16.0. The summed E-state index contributed by atoms with van der Waals surface area (Å²) in [4.78, 5) is 12.1. The zero-order valence-electron chi connectivity index (χ0n) is 12.3. The second-order valence-electron chi connectivity index (χ2n) is 4.74. The van der Waals surface area contributed by atoms with Crippen molar-refractivity contribution in [3.63, 3.8) is 0 Å². The molecule has 0 fully saturated rings. The van der Waals surface area contributed by atoms with Crippen LogP contribution in [0.5, 0.6) is 0 Å². The summed E-state index contributed by atoms with van der Waals surface area (Å²) < 4.78 is 26.9. The van der Waals surface area contributed by atoms with Crippen molar-refractivity contribution in [1.82, 2.24) is 9.62 Å². The fraction of sp³-hybridized carbons (Fsp3) is 0.500. The number of anilines is 1. The van der Waals surface area contributed by atoms with Crippen LogP contribution in [-0.4, -0.2) is 52.5 Å². The lowest BCUT2D eigenvalue weighted by Crippen LogP contribution is -2.27. The normalized spacial score (nSPS) is 11.6. The number of hydrogen-bond donors (Lipinski definition) is 2. The molecule has 0 amide bonds. The zero-order valence-corrected chi connectivity index (χ0v) is 13.1. The lowest BCUT2D eigenvalue weighted by Gasteiger charge is -2.12. The highest BCUT2D eigenvalue weighted by molar-refractivity contribution is 7.89. The van der Waals surface area contributed by atoms with Crippen LogP contribution in [0.4, 0.5) is 11.4 Å². The van der Waals surface area contributed by atoms with Gasteiger partial charge in [0.05, 0.1) is 10.6 Å². The number of benzene rings is 1. The molecule has 21 heavy (non-hydrogen) atoms. The van der Waals surface area contributed by atoms with Gasteiger partial charge in [-0.15, -0.1) is 0 Å². The van der Waals surface area contributed by atoms with Crippen LogP contribution >= 0.6 is 0 Å². The Balaban J connectivity index is 2.90. The molecule has 0 aliphatic rings. The van der Waals surface area contributed by atoms with Crippen LogP contribution in [0.2, 0.25) is 0 Å². The van der Waals surface area contributed by atoms with Gasteiger partial charge in [-0.05, 0) is 33.1 Å². The topological polar surface area (TPSA) is 105 Å². The van der Waals surface area contributed by atoms with Crippen LogP contribution < -0.4 is 10.0 Å². The van der Waals surface area contributed by atoms with Gasteiger partial charge >= 0.3 is 0 Å². The average Bonchev–Trinajstić information content (AvgIpc) is 2.42. The molecule has 1 rings (SSSR count). The largest absolute Gasteiger partial charge is 0.387 e. The highest BCUT2D eigenvalue weighted by Gasteiger charge is 2.20. The molecule has 0 radical (unpaired) electrons. The molecule has 0 atom stereocenters. The SMILES string of the molecule is CNc1cc([N+](=O)[O-])ccc1S(=O)(=O)NCCCN(C)C. The molecule has 0 spiro atoms. The molecule has 0 heterocycles. The lowest BCUT2D eigenvalue weighted by molar-refractivity contribution is -0.384. The number of nitro benzene ring substituents is 1. The van der Waals surface area contributed by atoms with Crippen LogP contribution in [0.15, 0.2) is 23.1 Å². The molecule has 1 aromatic carbocycles. The first kappa shape index (κ1) is 17.3. The molecule has 118 valence electrons. The second kappa shape index (κ2) is 7.34. The Labute approximate surface area is 124 Å². The Hall–Kier alpha value is -1.71. The van der Waals surface area contributed by atoms with E-state index < -0.39 is 14.9 Å². The molecule has 0 aliphatic heterocycles. The molecule has 8 nitrogen and oxygen atoms in total. The molecule has 0 unspecified atom stereocenters. The van der Waals surface area contributed by atoms with Crippen molar-refractivity contribution in [2.75, 3.05) is 39.5 Å². The summed E-state index contributed by atoms with van der Waals surface area (Å²) >= 11 is 0. The van der Waals surface area contributed by atoms with E-state index >= 15 is 0 Å². The Morgan fingerprint density at radius 1 is 1.33 bits per heavy atom. The predicted octanol–water partition coefficient (Wildman–Crippen LogP) is 0.866. The summed E-state index contributed by atoms with van der Waals surface area (Å²) in [5, 5.41) is 13.4. The summed E-state index contributed by atoms with van der Waals surface area (Å²) in [6.45, 7) is 1.07. The Kier molecular flexibility index (Phi) is 6.06. The van der Waals surface area contributed by atoms with Gasteiger partial charge < -0.3 is 10.2 Å². The summed E-state index contributed by atoms with van der Waals surface area (Å²) in [6.07, 6.45) is 0.675. The number of non-ortho nitro benzene ring substituents is 1. The van der Waals surface area contributed by atoms with E-state index in [4.69, 9.17) is 0 Å². The summed E-state index contributed by atoms with van der Waals surface area (Å²) in [5.74, 6) is 0. The first-order valence-electron chi connectivity index (χ1n) is 6.38. The monoisotopic (exact) mass is 316 g/mol. The van der Waals surface area contributed by atoms with Crippen molar-refractivity contribution in [2.45, 2.75) is 11.3 Å². The van der Waals surface area contributed by atoms with Crippen molar-refractivity contribution < 1.29 is 13.3 Å². The van der Waals surface area contributed by atoms with E-state index in [1.807, 2.05) is 19.0 Å². The van der Waals surface area contributed by atoms with E-state index in [0.29, 0.717) is 13.0 Å². The molecule has 1 aromatic rings. The van der Waals surface area contributed by atoms with Gasteiger partial charge in [0, 0.05) is 25.7 Å². The maximum absolute atomic E-state index is 12.2. The van der Waals surface area contributed by atoms with Crippen LogP contribution in [-0.2, 0) is 10.0 Å². The van der Waals surface area contributed by atoms with Crippen molar-refractivity contribution in [1.29, 1.82) is 0 Å². The molecule has 2 N–H and O–H groups in total. The predicted molar refractivity (Wildman–Crippen MR) is 81.0 cm³/mol. The quantitative estimate of drug-likeness (QED) is 0.419. The maximum Gasteiger partial charge on any atom is 0.271 e. The molecule has 0 aliphatic carbocycles. The van der Waals surface area contributed by atoms with E-state index in [1.54, 1.807) is 0 Å². The molecule has 9 heteroatoms. The van der Waals surface area contributed by atoms with Gasteiger partial charge in [0.15, 0.2) is 0 Å². The number of rotatable bonds is 8. The van der Waals surface area contributed by atoms with Crippen LogP contribution in [0, 0.1) is 10.1 Å². The van der Waals surface area contributed by atoms with E-state index in [0.717, 1.165) is 6.54 Å². The molecule has 0 aromatic heterocycles. The second-order valence-corrected chi connectivity index (χ2v) is 6.48. The summed E-state index contributed by atoms with van der Waals surface area (Å²) in [6, 6.07) is 3.61. The lowest BCUT2D eigenvalue weighted by atomic mass is 10.3. The molecular weight excluding hydrogens is 296 g/mol. The Morgan fingerprint density at radius 2 is 2.00 bits per heavy atom. The summed E-state index contributed by atoms with van der Waals surface area (Å²) in [5.41, 5.74) is 0.0372. The average molecular weight is 316 g/mol. The van der Waals surface area contributed by atoms with Gasteiger partial charge in [0.1, 0.15) is 4.90 Å². The van der Waals surface area contributed by atoms with Gasteiger partial charge in [-0.1, -0.05) is 0 Å². The minimum atomic E-state index is -3.70. The van der Waals surface area contributed by atoms with Gasteiger partial charge in [-0.2, -0.15) is 0 Å². The van der Waals surface area contributed by atoms with Crippen LogP contribution in [0.1, 0.15) is 6.42 Å². The number of sulfonamides is 1. The van der Waals surface area contributed by atoms with Gasteiger partial charge in [-0.25, -0.2) is 13.1 Å². The fourth-order valence-electron chi connectivity index (χ4n) is 1.74. The minimum Gasteiger partial charge on any atom is -0.387 e. The third-order valence-corrected chi connectivity index (χ3v) is 4.33. The van der Waals surface area contributed by atoms with Crippen molar-refractivity contribution in [2.24, 2.45) is 0 Å². The first-order valence-corrected chi connectivity index (χ1v) is 7.87. The summed E-state index contributed by atoms with van der Waals surface area (Å²) in [7, 11) is 1.63. The van der Waals surface area contributed by atoms with Gasteiger partial charge in [-0.3, -0.25) is 10.1 Å². The molecule has 0 saturated heterocycles. The van der Waals surface area contributed by atoms with Gasteiger partial charge in [0.2, 0.25) is 10.0 Å². The third kappa shape index (κ3) is 4.96. The fourth-order valence-corrected chi connectivity index (χ4v) is 3.01. The smallest absolute Gasteiger partial charge is 0.271 e. The van der Waals surface area contributed by atoms with Crippen molar-refractivity contribution in [3.8, 4) is 0 Å². The number of nitrogens with zero attached hydrogens (tertiary/aromatic N) is 2. The maximum atomic E-state index is 12.2. The Morgan fingerprint density at radius 3 is 2.52 bits per heavy atom. The number of nitrogens with one attached hydrogen (secondary N) is 2. The van der Waals surface area contributed by atoms with Crippen molar-refractivity contribution >= 4 is 21.4 Å². The van der Waals surface area contributed by atoms with E-state index in [-0.39, 0.29) is 16.3 Å². The minimum absolute atomic E-state index is 0.000420. The molecular formula is C12H20N4O4S. The number of hydrogen-bond acceptors (Lipinski definition) is 6. The van der Waals surface area contributed by atoms with Crippen molar-refractivity contribution in [3.05, 3.63) is 28.3 Å². The highest BCUT2D eigenvalue weighted by Crippen LogP contribution is 2.25. The van der Waals surface area contributed by atoms with Gasteiger partial charge in [0.25, 0.3) is 5.69 Å². The first-order chi connectivity index (χ1) is 9.77. The standard InChI is InChI=1S/C12H20N4O4S/c1-13-11-9-10(16(17)18)5-6-12(11)21(19,20)14-7-4-8-15(2)3/h5-6,9,13-14H,4,7-8H2,1-3H3. The van der Waals surface area contributed by atoms with E-state index in [2.05, 4.69) is 10.0 Å². The molecule has 0 saturated carbocycles. The number of nitro groups is 1. The third-order valence-electron chi connectivity index (χ3n) is 2.81. The molecule has 0 bridgehead atoms. The Bertz CT molecular complexity index is 601. The van der Waals surface area contributed by atoms with E-state index in [1.165, 1.54) is 25.2 Å². The van der Waals surface area contributed by atoms with Crippen LogP contribution in [0.25, 0.3) is 0 Å². The highest BCUT2D eigenvalue weighted by atomic mass is 32.2.